The summed E-state index contributed by atoms with van der Waals surface area (Å²) in [6.07, 6.45) is 0.857. The van der Waals surface area contributed by atoms with Crippen LogP contribution in [0.4, 0.5) is 0 Å². The van der Waals surface area contributed by atoms with Gasteiger partial charge in [-0.15, -0.1) is 0 Å². The van der Waals surface area contributed by atoms with Crippen molar-refractivity contribution < 1.29 is 13.2 Å². The Kier molecular flexibility index (Phi) is 5.96. The molecule has 0 radical (unpaired) electrons. The number of hydrogen-bond acceptors (Lipinski definition) is 4. The van der Waals surface area contributed by atoms with Gasteiger partial charge in [0.05, 0.1) is 12.0 Å². The molecule has 1 aliphatic heterocycles. The first-order chi connectivity index (χ1) is 12.5. The van der Waals surface area contributed by atoms with Crippen LogP contribution in [0.15, 0.2) is 59.5 Å². The van der Waals surface area contributed by atoms with Crippen molar-refractivity contribution in [2.45, 2.75) is 30.8 Å². The maximum Gasteiger partial charge on any atom is 0.243 e. The third kappa shape index (κ3) is 4.09. The van der Waals surface area contributed by atoms with Gasteiger partial charge in [0.15, 0.2) is 0 Å². The molecule has 1 unspecified atom stereocenters. The molecule has 0 aliphatic carbocycles. The van der Waals surface area contributed by atoms with Gasteiger partial charge in [-0.05, 0) is 36.2 Å². The molecule has 26 heavy (non-hydrogen) atoms. The highest BCUT2D eigenvalue weighted by molar-refractivity contribution is 7.89. The van der Waals surface area contributed by atoms with E-state index in [1.165, 1.54) is 5.56 Å². The highest BCUT2D eigenvalue weighted by atomic mass is 32.2. The topological polar surface area (TPSA) is 49.9 Å². The van der Waals surface area contributed by atoms with Crippen molar-refractivity contribution >= 4 is 10.0 Å². The lowest BCUT2D eigenvalue weighted by atomic mass is 10.2. The molecule has 0 saturated carbocycles. The zero-order chi connectivity index (χ0) is 18.6. The number of hydrogen-bond donors (Lipinski definition) is 0. The summed E-state index contributed by atoms with van der Waals surface area (Å²) < 4.78 is 32.9. The molecule has 2 aromatic carbocycles. The van der Waals surface area contributed by atoms with Crippen LogP contribution in [0.3, 0.4) is 0 Å². The van der Waals surface area contributed by atoms with Crippen LogP contribution < -0.4 is 4.74 Å². The summed E-state index contributed by atoms with van der Waals surface area (Å²) in [7, 11) is -1.93. The fourth-order valence-corrected chi connectivity index (χ4v) is 5.20. The standard InChI is InChI=1S/C20H26N2O3S/c1-3-22(26(23,24)20-11-9-19(25-2)10-12-20)18-13-14-21(16-18)15-17-7-5-4-6-8-17/h4-12,18H,3,13-16H2,1-2H3. The lowest BCUT2D eigenvalue weighted by Crippen LogP contribution is -2.41. The van der Waals surface area contributed by atoms with Crippen LogP contribution in [-0.4, -0.2) is 50.4 Å². The summed E-state index contributed by atoms with van der Waals surface area (Å²) in [6.45, 7) is 4.91. The van der Waals surface area contributed by atoms with E-state index in [4.69, 9.17) is 4.74 Å². The van der Waals surface area contributed by atoms with Crippen molar-refractivity contribution in [1.29, 1.82) is 0 Å². The third-order valence-electron chi connectivity index (χ3n) is 4.88. The van der Waals surface area contributed by atoms with Gasteiger partial charge in [0.2, 0.25) is 10.0 Å². The minimum absolute atomic E-state index is 0.0100. The first-order valence-electron chi connectivity index (χ1n) is 8.96. The maximum atomic E-state index is 13.1. The molecule has 140 valence electrons. The van der Waals surface area contributed by atoms with Crippen LogP contribution in [0.1, 0.15) is 18.9 Å². The summed E-state index contributed by atoms with van der Waals surface area (Å²) in [6, 6.07) is 16.9. The molecule has 1 atom stereocenters. The first kappa shape index (κ1) is 18.9. The van der Waals surface area contributed by atoms with Crippen molar-refractivity contribution in [1.82, 2.24) is 9.21 Å². The number of nitrogens with zero attached hydrogens (tertiary/aromatic N) is 2. The van der Waals surface area contributed by atoms with Gasteiger partial charge < -0.3 is 4.74 Å². The second kappa shape index (κ2) is 8.20. The molecule has 5 nitrogen and oxygen atoms in total. The third-order valence-corrected chi connectivity index (χ3v) is 6.92. The summed E-state index contributed by atoms with van der Waals surface area (Å²) >= 11 is 0. The zero-order valence-corrected chi connectivity index (χ0v) is 16.2. The van der Waals surface area contributed by atoms with Gasteiger partial charge in [-0.2, -0.15) is 4.31 Å². The van der Waals surface area contributed by atoms with Crippen molar-refractivity contribution in [3.8, 4) is 5.75 Å². The summed E-state index contributed by atoms with van der Waals surface area (Å²) in [5.74, 6) is 0.655. The van der Waals surface area contributed by atoms with E-state index in [1.54, 1.807) is 35.7 Å². The molecule has 2 aromatic rings. The largest absolute Gasteiger partial charge is 0.497 e. The summed E-state index contributed by atoms with van der Waals surface area (Å²) in [5.41, 5.74) is 1.26. The minimum atomic E-state index is -3.50. The zero-order valence-electron chi connectivity index (χ0n) is 15.3. The second-order valence-corrected chi connectivity index (χ2v) is 8.44. The highest BCUT2D eigenvalue weighted by Gasteiger charge is 2.34. The molecule has 0 spiro atoms. The van der Waals surface area contributed by atoms with Crippen LogP contribution in [0.25, 0.3) is 0 Å². The smallest absolute Gasteiger partial charge is 0.243 e. The van der Waals surface area contributed by atoms with E-state index in [2.05, 4.69) is 17.0 Å². The molecule has 1 saturated heterocycles. The number of ether oxygens (including phenoxy) is 1. The van der Waals surface area contributed by atoms with E-state index < -0.39 is 10.0 Å². The number of sulfonamides is 1. The Morgan fingerprint density at radius 3 is 2.42 bits per heavy atom. The summed E-state index contributed by atoms with van der Waals surface area (Å²) in [4.78, 5) is 2.65. The van der Waals surface area contributed by atoms with E-state index in [0.29, 0.717) is 17.2 Å². The predicted octanol–water partition coefficient (Wildman–Crippen LogP) is 2.98. The quantitative estimate of drug-likeness (QED) is 0.748. The summed E-state index contributed by atoms with van der Waals surface area (Å²) in [5, 5.41) is 0. The van der Waals surface area contributed by atoms with Gasteiger partial charge in [0, 0.05) is 32.2 Å². The number of rotatable bonds is 7. The molecule has 1 fully saturated rings. The Balaban J connectivity index is 1.71. The maximum absolute atomic E-state index is 13.1. The molecule has 0 bridgehead atoms. The molecule has 0 aromatic heterocycles. The van der Waals surface area contributed by atoms with Crippen molar-refractivity contribution in [3.63, 3.8) is 0 Å². The number of methoxy groups -OCH3 is 1. The molecule has 3 rings (SSSR count). The fraction of sp³-hybridized carbons (Fsp3) is 0.400. The average molecular weight is 375 g/mol. The lowest BCUT2D eigenvalue weighted by Gasteiger charge is -2.27. The number of likely N-dealkylation sites (tertiary alicyclic amines) is 1. The van der Waals surface area contributed by atoms with Crippen molar-refractivity contribution in [2.75, 3.05) is 26.7 Å². The normalized spacial score (nSPS) is 18.3. The van der Waals surface area contributed by atoms with E-state index in [9.17, 15) is 8.42 Å². The predicted molar refractivity (Wildman–Crippen MR) is 103 cm³/mol. The molecular weight excluding hydrogens is 348 g/mol. The van der Waals surface area contributed by atoms with Crippen molar-refractivity contribution in [2.24, 2.45) is 0 Å². The van der Waals surface area contributed by atoms with Crippen LogP contribution in [0.2, 0.25) is 0 Å². The molecular formula is C20H26N2O3S. The molecule has 0 amide bonds. The minimum Gasteiger partial charge on any atom is -0.497 e. The van der Waals surface area contributed by atoms with Gasteiger partial charge in [-0.25, -0.2) is 8.42 Å². The lowest BCUT2D eigenvalue weighted by molar-refractivity contribution is 0.285. The average Bonchev–Trinajstić information content (AvgIpc) is 3.11. The van der Waals surface area contributed by atoms with Crippen LogP contribution in [0.5, 0.6) is 5.75 Å². The SMILES string of the molecule is CCN(C1CCN(Cc2ccccc2)C1)S(=O)(=O)c1ccc(OC)cc1. The highest BCUT2D eigenvalue weighted by Crippen LogP contribution is 2.25. The Morgan fingerprint density at radius 2 is 1.81 bits per heavy atom. The first-order valence-corrected chi connectivity index (χ1v) is 10.4. The van der Waals surface area contributed by atoms with Gasteiger partial charge in [-0.1, -0.05) is 37.3 Å². The second-order valence-electron chi connectivity index (χ2n) is 6.55. The molecule has 0 N–H and O–H groups in total. The van der Waals surface area contributed by atoms with E-state index in [1.807, 2.05) is 25.1 Å². The number of benzene rings is 2. The van der Waals surface area contributed by atoms with E-state index in [0.717, 1.165) is 26.1 Å². The van der Waals surface area contributed by atoms with Gasteiger partial charge in [-0.3, -0.25) is 4.90 Å². The van der Waals surface area contributed by atoms with E-state index in [-0.39, 0.29) is 6.04 Å². The molecule has 1 aliphatic rings. The van der Waals surface area contributed by atoms with Crippen LogP contribution in [-0.2, 0) is 16.6 Å². The Labute approximate surface area is 156 Å². The van der Waals surface area contributed by atoms with E-state index >= 15 is 0 Å². The van der Waals surface area contributed by atoms with Crippen LogP contribution in [0, 0.1) is 0 Å². The Bertz CT molecular complexity index is 807. The van der Waals surface area contributed by atoms with Gasteiger partial charge in [0.25, 0.3) is 0 Å². The van der Waals surface area contributed by atoms with Crippen molar-refractivity contribution in [3.05, 3.63) is 60.2 Å². The van der Waals surface area contributed by atoms with Gasteiger partial charge >= 0.3 is 0 Å². The monoisotopic (exact) mass is 374 g/mol. The molecule has 6 heteroatoms. The van der Waals surface area contributed by atoms with Gasteiger partial charge in [0.1, 0.15) is 5.75 Å². The van der Waals surface area contributed by atoms with Crippen LogP contribution >= 0.6 is 0 Å². The Morgan fingerprint density at radius 1 is 1.12 bits per heavy atom. The Hall–Kier alpha value is -1.89. The number of likely N-dealkylation sites (N-methyl/N-ethyl adjacent to an activating group) is 1. The fourth-order valence-electron chi connectivity index (χ4n) is 3.54. The molecule has 1 heterocycles.